The molecule has 2 N–H and O–H groups in total. The van der Waals surface area contributed by atoms with Crippen molar-refractivity contribution in [1.29, 1.82) is 0 Å². The van der Waals surface area contributed by atoms with Gasteiger partial charge in [-0.1, -0.05) is 23.2 Å². The average molecular weight is 392 g/mol. The Morgan fingerprint density at radius 3 is 2.48 bits per heavy atom. The van der Waals surface area contributed by atoms with E-state index < -0.39 is 11.7 Å². The van der Waals surface area contributed by atoms with Crippen LogP contribution in [-0.4, -0.2) is 36.1 Å². The number of benzene rings is 1. The summed E-state index contributed by atoms with van der Waals surface area (Å²) < 4.78 is 39.9. The maximum absolute atomic E-state index is 13.3. The molecular weight excluding hydrogens is 378 g/mol. The van der Waals surface area contributed by atoms with Crippen molar-refractivity contribution >= 4 is 40.7 Å². The number of nitrogens with one attached hydrogen (secondary N) is 2. The number of hydrogen-bond donors (Lipinski definition) is 2. The minimum Gasteiger partial charge on any atom is -0.353 e. The van der Waals surface area contributed by atoms with Crippen LogP contribution in [0.15, 0.2) is 24.4 Å². The Balaban J connectivity index is 1.93. The van der Waals surface area contributed by atoms with E-state index >= 15 is 0 Å². The van der Waals surface area contributed by atoms with Crippen molar-refractivity contribution in [3.05, 3.63) is 40.0 Å². The molecule has 25 heavy (non-hydrogen) atoms. The maximum Gasteiger partial charge on any atom is 0.421 e. The molecule has 1 fully saturated rings. The van der Waals surface area contributed by atoms with Gasteiger partial charge in [0.15, 0.2) is 0 Å². The second kappa shape index (κ2) is 7.23. The van der Waals surface area contributed by atoms with E-state index in [1.165, 1.54) is 0 Å². The van der Waals surface area contributed by atoms with E-state index in [0.717, 1.165) is 6.20 Å². The average Bonchev–Trinajstić information content (AvgIpc) is 2.58. The predicted octanol–water partition coefficient (Wildman–Crippen LogP) is 3.96. The zero-order valence-corrected chi connectivity index (χ0v) is 14.4. The van der Waals surface area contributed by atoms with E-state index in [1.54, 1.807) is 23.1 Å². The molecule has 0 saturated carbocycles. The molecule has 1 aliphatic rings. The Labute approximate surface area is 152 Å². The number of anilines is 3. The number of aromatic nitrogens is 2. The van der Waals surface area contributed by atoms with Gasteiger partial charge >= 0.3 is 6.18 Å². The van der Waals surface area contributed by atoms with Crippen LogP contribution in [0.25, 0.3) is 0 Å². The minimum atomic E-state index is -4.53. The van der Waals surface area contributed by atoms with E-state index in [0.29, 0.717) is 41.9 Å². The molecule has 134 valence electrons. The van der Waals surface area contributed by atoms with Gasteiger partial charge in [-0.05, 0) is 18.2 Å². The second-order valence-corrected chi connectivity index (χ2v) is 6.23. The molecule has 0 unspecified atom stereocenters. The van der Waals surface area contributed by atoms with Gasteiger partial charge in [0, 0.05) is 38.1 Å². The van der Waals surface area contributed by atoms with Crippen molar-refractivity contribution in [3.8, 4) is 0 Å². The summed E-state index contributed by atoms with van der Waals surface area (Å²) >= 11 is 11.8. The Bertz CT molecular complexity index is 763. The molecular formula is C15H14Cl2F3N5. The first-order valence-electron chi connectivity index (χ1n) is 7.46. The first kappa shape index (κ1) is 18.0. The van der Waals surface area contributed by atoms with Crippen molar-refractivity contribution in [3.63, 3.8) is 0 Å². The summed E-state index contributed by atoms with van der Waals surface area (Å²) in [6.07, 6.45) is -3.73. The Morgan fingerprint density at radius 1 is 1.12 bits per heavy atom. The third-order valence-corrected chi connectivity index (χ3v) is 4.41. The zero-order chi connectivity index (χ0) is 18.0. The minimum absolute atomic E-state index is 0.0555. The topological polar surface area (TPSA) is 53.1 Å². The molecule has 0 amide bonds. The van der Waals surface area contributed by atoms with Gasteiger partial charge in [-0.25, -0.2) is 4.98 Å². The third kappa shape index (κ3) is 4.26. The normalized spacial score (nSPS) is 15.3. The monoisotopic (exact) mass is 391 g/mol. The molecule has 0 spiro atoms. The summed E-state index contributed by atoms with van der Waals surface area (Å²) in [7, 11) is 0. The Hall–Kier alpha value is -1.77. The lowest BCUT2D eigenvalue weighted by Crippen LogP contribution is -2.44. The molecule has 1 aliphatic heterocycles. The van der Waals surface area contributed by atoms with Gasteiger partial charge in [0.25, 0.3) is 0 Å². The largest absolute Gasteiger partial charge is 0.421 e. The maximum atomic E-state index is 13.3. The molecule has 5 nitrogen and oxygen atoms in total. The molecule has 2 aromatic rings. The molecule has 3 rings (SSSR count). The summed E-state index contributed by atoms with van der Waals surface area (Å²) in [5, 5.41) is 6.65. The van der Waals surface area contributed by atoms with Crippen molar-refractivity contribution in [2.45, 2.75) is 6.18 Å². The lowest BCUT2D eigenvalue weighted by molar-refractivity contribution is -0.137. The fourth-order valence-electron chi connectivity index (χ4n) is 2.45. The molecule has 1 aromatic carbocycles. The Kier molecular flexibility index (Phi) is 5.21. The highest BCUT2D eigenvalue weighted by Gasteiger charge is 2.37. The van der Waals surface area contributed by atoms with E-state index in [4.69, 9.17) is 23.2 Å². The van der Waals surface area contributed by atoms with Gasteiger partial charge in [-0.3, -0.25) is 0 Å². The highest BCUT2D eigenvalue weighted by molar-refractivity contribution is 6.42. The quantitative estimate of drug-likeness (QED) is 0.829. The van der Waals surface area contributed by atoms with Gasteiger partial charge in [-0.15, -0.1) is 0 Å². The SMILES string of the molecule is FC(F)(F)c1cnc(Nc2ccc(Cl)c(Cl)c2)nc1N1CCNCC1. The summed E-state index contributed by atoms with van der Waals surface area (Å²) in [5.41, 5.74) is -0.325. The molecule has 0 atom stereocenters. The molecule has 0 bridgehead atoms. The van der Waals surface area contributed by atoms with E-state index in [2.05, 4.69) is 20.6 Å². The predicted molar refractivity (Wildman–Crippen MR) is 91.9 cm³/mol. The standard InChI is InChI=1S/C15H14Cl2F3N5/c16-11-2-1-9(7-12(11)17)23-14-22-8-10(15(18,19)20)13(24-14)25-5-3-21-4-6-25/h1-2,7-8,21H,3-6H2,(H,22,23,24). The first-order valence-corrected chi connectivity index (χ1v) is 8.22. The molecule has 2 heterocycles. The summed E-state index contributed by atoms with van der Waals surface area (Å²) in [5.74, 6) is -0.0773. The van der Waals surface area contributed by atoms with Gasteiger partial charge in [0.2, 0.25) is 5.95 Å². The fourth-order valence-corrected chi connectivity index (χ4v) is 2.75. The van der Waals surface area contributed by atoms with Crippen LogP contribution in [0.2, 0.25) is 10.0 Å². The highest BCUT2D eigenvalue weighted by atomic mass is 35.5. The lowest BCUT2D eigenvalue weighted by atomic mass is 10.2. The number of rotatable bonds is 3. The second-order valence-electron chi connectivity index (χ2n) is 5.42. The van der Waals surface area contributed by atoms with E-state index in [1.807, 2.05) is 0 Å². The van der Waals surface area contributed by atoms with Crippen LogP contribution in [-0.2, 0) is 6.18 Å². The van der Waals surface area contributed by atoms with Crippen LogP contribution in [0.1, 0.15) is 5.56 Å². The summed E-state index contributed by atoms with van der Waals surface area (Å²) in [6, 6.07) is 4.77. The number of nitrogens with zero attached hydrogens (tertiary/aromatic N) is 3. The summed E-state index contributed by atoms with van der Waals surface area (Å²) in [4.78, 5) is 9.48. The number of halogens is 5. The van der Waals surface area contributed by atoms with Crippen LogP contribution in [0.3, 0.4) is 0 Å². The van der Waals surface area contributed by atoms with E-state index in [9.17, 15) is 13.2 Å². The number of alkyl halides is 3. The van der Waals surface area contributed by atoms with Crippen LogP contribution in [0.5, 0.6) is 0 Å². The zero-order valence-electron chi connectivity index (χ0n) is 12.9. The molecule has 1 aromatic heterocycles. The number of piperazine rings is 1. The fraction of sp³-hybridized carbons (Fsp3) is 0.333. The van der Waals surface area contributed by atoms with Gasteiger partial charge in [-0.2, -0.15) is 18.2 Å². The van der Waals surface area contributed by atoms with E-state index in [-0.39, 0.29) is 11.8 Å². The summed E-state index contributed by atoms with van der Waals surface area (Å²) in [6.45, 7) is 2.06. The molecule has 0 aliphatic carbocycles. The lowest BCUT2D eigenvalue weighted by Gasteiger charge is -2.30. The Morgan fingerprint density at radius 2 is 1.84 bits per heavy atom. The molecule has 0 radical (unpaired) electrons. The number of hydrogen-bond acceptors (Lipinski definition) is 5. The van der Waals surface area contributed by atoms with Crippen molar-refractivity contribution in [1.82, 2.24) is 15.3 Å². The van der Waals surface area contributed by atoms with Gasteiger partial charge in [0.05, 0.1) is 10.0 Å². The highest BCUT2D eigenvalue weighted by Crippen LogP contribution is 2.36. The third-order valence-electron chi connectivity index (χ3n) is 3.67. The van der Waals surface area contributed by atoms with Crippen LogP contribution >= 0.6 is 23.2 Å². The van der Waals surface area contributed by atoms with Crippen molar-refractivity contribution in [2.75, 3.05) is 36.4 Å². The van der Waals surface area contributed by atoms with Gasteiger partial charge in [0.1, 0.15) is 11.4 Å². The van der Waals surface area contributed by atoms with Crippen LogP contribution < -0.4 is 15.5 Å². The first-order chi connectivity index (χ1) is 11.8. The molecule has 10 heteroatoms. The van der Waals surface area contributed by atoms with Crippen molar-refractivity contribution < 1.29 is 13.2 Å². The van der Waals surface area contributed by atoms with Gasteiger partial charge < -0.3 is 15.5 Å². The van der Waals surface area contributed by atoms with Crippen LogP contribution in [0.4, 0.5) is 30.6 Å². The van der Waals surface area contributed by atoms with Crippen molar-refractivity contribution in [2.24, 2.45) is 0 Å². The van der Waals surface area contributed by atoms with Crippen LogP contribution in [0, 0.1) is 0 Å². The molecule has 1 saturated heterocycles. The smallest absolute Gasteiger partial charge is 0.353 e.